The quantitative estimate of drug-likeness (QED) is 0.805. The van der Waals surface area contributed by atoms with Crippen molar-refractivity contribution >= 4 is 13.6 Å². The molecule has 2 aromatic rings. The van der Waals surface area contributed by atoms with Crippen molar-refractivity contribution < 1.29 is 22.9 Å². The number of hydrogen-bond acceptors (Lipinski definition) is 8. The number of nitrogen functional groups attached to an aromatic ring is 1. The summed E-state index contributed by atoms with van der Waals surface area (Å²) >= 11 is 0. The summed E-state index contributed by atoms with van der Waals surface area (Å²) in [7, 11) is -3.72. The first-order valence-electron chi connectivity index (χ1n) is 8.16. The van der Waals surface area contributed by atoms with Crippen LogP contribution in [0.15, 0.2) is 47.4 Å². The van der Waals surface area contributed by atoms with Crippen LogP contribution in [0, 0.1) is 5.92 Å². The molecule has 2 saturated heterocycles. The highest BCUT2D eigenvalue weighted by Gasteiger charge is 2.44. The fourth-order valence-electron chi connectivity index (χ4n) is 3.01. The number of ether oxygens (including phenoxy) is 1. The number of rotatable bonds is 3. The monoisotopic (exact) mass is 379 g/mol. The van der Waals surface area contributed by atoms with Gasteiger partial charge in [-0.3, -0.25) is 13.6 Å². The minimum absolute atomic E-state index is 0.0441. The molecule has 1 aromatic heterocycles. The lowest BCUT2D eigenvalue weighted by Crippen LogP contribution is -2.27. The summed E-state index contributed by atoms with van der Waals surface area (Å²) < 4.78 is 36.2. The van der Waals surface area contributed by atoms with Crippen molar-refractivity contribution in [3.63, 3.8) is 0 Å². The molecule has 138 valence electrons. The molecule has 10 heteroatoms. The van der Waals surface area contributed by atoms with E-state index in [1.165, 1.54) is 10.6 Å². The van der Waals surface area contributed by atoms with Gasteiger partial charge in [0.15, 0.2) is 0 Å². The second-order valence-corrected chi connectivity index (χ2v) is 7.70. The Bertz CT molecular complexity index is 869. The van der Waals surface area contributed by atoms with Crippen LogP contribution >= 0.6 is 7.82 Å². The van der Waals surface area contributed by atoms with Crippen LogP contribution in [0.25, 0.3) is 0 Å². The maximum Gasteiger partial charge on any atom is 0.530 e. The predicted octanol–water partition coefficient (Wildman–Crippen LogP) is 1.96. The second-order valence-electron chi connectivity index (χ2n) is 6.11. The minimum atomic E-state index is -3.72. The Morgan fingerprint density at radius 2 is 1.96 bits per heavy atom. The number of hydrogen-bond donors (Lipinski definition) is 1. The topological polar surface area (TPSA) is 115 Å². The van der Waals surface area contributed by atoms with E-state index >= 15 is 0 Å². The Labute approximate surface area is 149 Å². The molecule has 0 bridgehead atoms. The lowest BCUT2D eigenvalue weighted by atomic mass is 10.0. The van der Waals surface area contributed by atoms with Gasteiger partial charge in [0, 0.05) is 18.5 Å². The Kier molecular flexibility index (Phi) is 4.54. The van der Waals surface area contributed by atoms with E-state index in [-0.39, 0.29) is 31.1 Å². The maximum absolute atomic E-state index is 12.7. The van der Waals surface area contributed by atoms with Gasteiger partial charge in [0.2, 0.25) is 0 Å². The summed E-state index contributed by atoms with van der Waals surface area (Å²) in [5.41, 5.74) is 5.03. The largest absolute Gasteiger partial charge is 0.530 e. The number of fused-ring (bicyclic) bond motifs is 1. The molecule has 3 unspecified atom stereocenters. The molecule has 0 spiro atoms. The number of phosphoric ester groups is 1. The molecule has 2 aliphatic rings. The van der Waals surface area contributed by atoms with Gasteiger partial charge in [0.1, 0.15) is 17.8 Å². The molecule has 0 radical (unpaired) electrons. The maximum atomic E-state index is 12.7. The lowest BCUT2D eigenvalue weighted by Gasteiger charge is -2.18. The van der Waals surface area contributed by atoms with Gasteiger partial charge in [-0.2, -0.15) is 4.98 Å². The summed E-state index contributed by atoms with van der Waals surface area (Å²) in [5, 5.41) is 0. The van der Waals surface area contributed by atoms with Crippen molar-refractivity contribution in [2.45, 2.75) is 18.8 Å². The van der Waals surface area contributed by atoms with Crippen LogP contribution in [-0.2, 0) is 18.3 Å². The van der Waals surface area contributed by atoms with E-state index in [0.717, 1.165) is 0 Å². The van der Waals surface area contributed by atoms with E-state index in [2.05, 4.69) is 4.98 Å². The van der Waals surface area contributed by atoms with Gasteiger partial charge in [0.05, 0.1) is 19.3 Å². The first-order valence-corrected chi connectivity index (χ1v) is 9.62. The molecule has 3 heterocycles. The third-order valence-corrected chi connectivity index (χ3v) is 5.69. The third kappa shape index (κ3) is 3.52. The molecule has 26 heavy (non-hydrogen) atoms. The molecular formula is C16H18N3O6P. The highest BCUT2D eigenvalue weighted by Crippen LogP contribution is 2.53. The number of benzene rings is 1. The highest BCUT2D eigenvalue weighted by molar-refractivity contribution is 7.48. The Hall–Kier alpha value is -2.19. The van der Waals surface area contributed by atoms with Crippen LogP contribution in [0.4, 0.5) is 5.82 Å². The first-order chi connectivity index (χ1) is 12.5. The zero-order chi connectivity index (χ0) is 18.1. The van der Waals surface area contributed by atoms with Gasteiger partial charge < -0.3 is 15.0 Å². The average molecular weight is 379 g/mol. The Morgan fingerprint density at radius 1 is 1.19 bits per heavy atom. The summed E-state index contributed by atoms with van der Waals surface area (Å²) in [6, 6.07) is 10.2. The summed E-state index contributed by atoms with van der Waals surface area (Å²) in [6.45, 7) is 0.185. The molecule has 2 N–H and O–H groups in total. The van der Waals surface area contributed by atoms with Crippen molar-refractivity contribution in [3.8, 4) is 5.75 Å². The summed E-state index contributed by atoms with van der Waals surface area (Å²) in [4.78, 5) is 15.7. The number of aromatic nitrogens is 2. The predicted molar refractivity (Wildman–Crippen MR) is 91.5 cm³/mol. The standard InChI is InChI=1S/C16H18N3O6P/c17-14-6-7-19(16(20)18-14)15-8-11-9-22-26(21,23-10-13(11)24-15)25-12-4-2-1-3-5-12/h1-7,11,13,15H,8-10H2,(H2,17,18,20)/t11?,13?,15-,26?/m1/s1. The average Bonchev–Trinajstić information content (AvgIpc) is 2.96. The summed E-state index contributed by atoms with van der Waals surface area (Å²) in [6.07, 6.45) is 1.20. The molecule has 2 fully saturated rings. The Balaban J connectivity index is 1.44. The van der Waals surface area contributed by atoms with E-state index in [4.69, 9.17) is 24.0 Å². The van der Waals surface area contributed by atoms with Gasteiger partial charge in [-0.25, -0.2) is 9.36 Å². The first kappa shape index (κ1) is 17.2. The molecule has 0 aliphatic carbocycles. The van der Waals surface area contributed by atoms with Crippen LogP contribution in [0.3, 0.4) is 0 Å². The van der Waals surface area contributed by atoms with E-state index < -0.39 is 19.7 Å². The van der Waals surface area contributed by atoms with Crippen molar-refractivity contribution in [1.29, 1.82) is 0 Å². The molecule has 0 saturated carbocycles. The van der Waals surface area contributed by atoms with E-state index in [9.17, 15) is 9.36 Å². The van der Waals surface area contributed by atoms with Gasteiger partial charge in [-0.05, 0) is 18.2 Å². The van der Waals surface area contributed by atoms with Gasteiger partial charge in [0.25, 0.3) is 0 Å². The molecule has 4 atom stereocenters. The fourth-order valence-corrected chi connectivity index (χ4v) is 4.27. The van der Waals surface area contributed by atoms with Gasteiger partial charge in [-0.15, -0.1) is 0 Å². The van der Waals surface area contributed by atoms with Gasteiger partial charge >= 0.3 is 13.5 Å². The Morgan fingerprint density at radius 3 is 2.73 bits per heavy atom. The van der Waals surface area contributed by atoms with Crippen molar-refractivity contribution in [3.05, 3.63) is 53.1 Å². The van der Waals surface area contributed by atoms with E-state index in [1.54, 1.807) is 30.5 Å². The van der Waals surface area contributed by atoms with Crippen LogP contribution in [0.5, 0.6) is 5.75 Å². The normalized spacial score (nSPS) is 31.2. The van der Waals surface area contributed by atoms with Crippen molar-refractivity contribution in [2.75, 3.05) is 18.9 Å². The van der Waals surface area contributed by atoms with Crippen LogP contribution in [0.1, 0.15) is 12.6 Å². The van der Waals surface area contributed by atoms with Crippen LogP contribution in [0.2, 0.25) is 0 Å². The SMILES string of the molecule is Nc1ccn([C@H]2CC3COP(=O)(Oc4ccccc4)OCC3O2)c(=O)n1. The molecular weight excluding hydrogens is 361 g/mol. The number of phosphoric acid groups is 1. The van der Waals surface area contributed by atoms with Crippen molar-refractivity contribution in [2.24, 2.45) is 5.92 Å². The molecule has 0 amide bonds. The second kappa shape index (κ2) is 6.85. The smallest absolute Gasteiger partial charge is 0.404 e. The molecule has 4 rings (SSSR count). The zero-order valence-electron chi connectivity index (χ0n) is 13.8. The number of nitrogens with zero attached hydrogens (tertiary/aromatic N) is 2. The number of para-hydroxylation sites is 1. The van der Waals surface area contributed by atoms with Crippen molar-refractivity contribution in [1.82, 2.24) is 9.55 Å². The van der Waals surface area contributed by atoms with E-state index in [0.29, 0.717) is 12.2 Å². The molecule has 2 aliphatic heterocycles. The highest BCUT2D eigenvalue weighted by atomic mass is 31.2. The zero-order valence-corrected chi connectivity index (χ0v) is 14.7. The summed E-state index contributed by atoms with van der Waals surface area (Å²) in [5.74, 6) is 0.477. The van der Waals surface area contributed by atoms with Gasteiger partial charge in [-0.1, -0.05) is 18.2 Å². The van der Waals surface area contributed by atoms with Crippen LogP contribution in [-0.4, -0.2) is 28.9 Å². The number of anilines is 1. The molecule has 9 nitrogen and oxygen atoms in total. The van der Waals surface area contributed by atoms with E-state index in [1.807, 2.05) is 6.07 Å². The fraction of sp³-hybridized carbons (Fsp3) is 0.375. The lowest BCUT2D eigenvalue weighted by molar-refractivity contribution is -0.0258. The van der Waals surface area contributed by atoms with Crippen LogP contribution < -0.4 is 15.9 Å². The minimum Gasteiger partial charge on any atom is -0.404 e. The third-order valence-electron chi connectivity index (χ3n) is 4.33. The number of nitrogens with two attached hydrogens (primary N) is 1. The molecule has 1 aromatic carbocycles.